The summed E-state index contributed by atoms with van der Waals surface area (Å²) in [5.74, 6) is 1.37. The largest absolute Gasteiger partial charge is 0.383 e. The molecule has 5 N–H and O–H groups in total. The molecule has 0 atom stereocenters. The Morgan fingerprint density at radius 1 is 1.19 bits per heavy atom. The molecule has 0 aliphatic heterocycles. The second-order valence-electron chi connectivity index (χ2n) is 4.78. The Bertz CT molecular complexity index is 350. The number of rotatable bonds is 2. The molecule has 5 nitrogen and oxygen atoms in total. The molecule has 1 fully saturated rings. The Hall–Kier alpha value is -1.52. The zero-order valence-electron chi connectivity index (χ0n) is 9.66. The monoisotopic (exact) mass is 221 g/mol. The minimum absolute atomic E-state index is 0.117. The topological polar surface area (TPSA) is 89.8 Å². The molecule has 5 heteroatoms. The minimum atomic E-state index is 0.117. The van der Waals surface area contributed by atoms with Crippen LogP contribution in [0.2, 0.25) is 0 Å². The highest BCUT2D eigenvalue weighted by atomic mass is 15.1. The predicted molar refractivity (Wildman–Crippen MR) is 66.0 cm³/mol. The van der Waals surface area contributed by atoms with Crippen molar-refractivity contribution in [3.05, 3.63) is 6.07 Å². The fourth-order valence-electron chi connectivity index (χ4n) is 2.32. The van der Waals surface area contributed by atoms with Crippen LogP contribution in [-0.2, 0) is 0 Å². The number of hydrogen-bond donors (Lipinski definition) is 3. The maximum absolute atomic E-state index is 5.64. The molecule has 1 aromatic heterocycles. The first-order valence-corrected chi connectivity index (χ1v) is 5.76. The number of hydrogen-bond acceptors (Lipinski definition) is 5. The van der Waals surface area contributed by atoms with Gasteiger partial charge in [-0.15, -0.1) is 0 Å². The Labute approximate surface area is 95.6 Å². The maximum atomic E-state index is 5.64. The first-order chi connectivity index (χ1) is 7.57. The van der Waals surface area contributed by atoms with Gasteiger partial charge >= 0.3 is 0 Å². The summed E-state index contributed by atoms with van der Waals surface area (Å²) in [7, 11) is 0. The van der Waals surface area contributed by atoms with Crippen molar-refractivity contribution in [1.82, 2.24) is 9.97 Å². The van der Waals surface area contributed by atoms with Gasteiger partial charge in [0.2, 0.25) is 5.95 Å². The molecule has 0 unspecified atom stereocenters. The Kier molecular flexibility index (Phi) is 2.85. The van der Waals surface area contributed by atoms with Crippen molar-refractivity contribution in [2.45, 2.75) is 44.6 Å². The summed E-state index contributed by atoms with van der Waals surface area (Å²) in [6.07, 6.45) is 6.18. The molecule has 0 radical (unpaired) electrons. The van der Waals surface area contributed by atoms with Crippen LogP contribution < -0.4 is 16.8 Å². The number of aromatic nitrogens is 2. The molecule has 1 aliphatic rings. The van der Waals surface area contributed by atoms with Crippen LogP contribution in [-0.4, -0.2) is 15.5 Å². The average molecular weight is 221 g/mol. The fourth-order valence-corrected chi connectivity index (χ4v) is 2.32. The molecule has 0 bridgehead atoms. The van der Waals surface area contributed by atoms with E-state index in [0.29, 0.717) is 5.82 Å². The average Bonchev–Trinajstić information content (AvgIpc) is 2.15. The maximum Gasteiger partial charge on any atom is 0.223 e. The summed E-state index contributed by atoms with van der Waals surface area (Å²) in [4.78, 5) is 8.00. The number of nitrogens with two attached hydrogens (primary N) is 2. The first kappa shape index (κ1) is 11.0. The normalized spacial score (nSPS) is 19.3. The zero-order valence-corrected chi connectivity index (χ0v) is 9.66. The van der Waals surface area contributed by atoms with E-state index in [1.807, 2.05) is 0 Å². The van der Waals surface area contributed by atoms with Gasteiger partial charge in [-0.1, -0.05) is 19.3 Å². The molecule has 0 saturated heterocycles. The van der Waals surface area contributed by atoms with E-state index in [2.05, 4.69) is 22.2 Å². The van der Waals surface area contributed by atoms with Gasteiger partial charge < -0.3 is 16.8 Å². The van der Waals surface area contributed by atoms with E-state index in [1.165, 1.54) is 19.3 Å². The van der Waals surface area contributed by atoms with Crippen molar-refractivity contribution >= 4 is 17.6 Å². The van der Waals surface area contributed by atoms with Gasteiger partial charge in [0.25, 0.3) is 0 Å². The van der Waals surface area contributed by atoms with Crippen molar-refractivity contribution in [2.75, 3.05) is 16.8 Å². The highest BCUT2D eigenvalue weighted by molar-refractivity contribution is 5.49. The molecule has 16 heavy (non-hydrogen) atoms. The smallest absolute Gasteiger partial charge is 0.223 e. The van der Waals surface area contributed by atoms with Crippen LogP contribution in [0.1, 0.15) is 39.0 Å². The molecule has 0 amide bonds. The lowest BCUT2D eigenvalue weighted by Gasteiger charge is -2.35. The van der Waals surface area contributed by atoms with Crippen molar-refractivity contribution in [1.29, 1.82) is 0 Å². The SMILES string of the molecule is CC1(Nc2cc(N)nc(N)n2)CCCCC1. The lowest BCUT2D eigenvalue weighted by Crippen LogP contribution is -2.37. The van der Waals surface area contributed by atoms with Gasteiger partial charge in [0, 0.05) is 11.6 Å². The molecule has 1 heterocycles. The van der Waals surface area contributed by atoms with Crippen LogP contribution in [0.25, 0.3) is 0 Å². The summed E-state index contributed by atoms with van der Waals surface area (Å²) in [6.45, 7) is 2.22. The second kappa shape index (κ2) is 4.15. The standard InChI is InChI=1S/C11H19N5/c1-11(5-3-2-4-6-11)16-9-7-8(12)14-10(13)15-9/h7H,2-6H2,1H3,(H5,12,13,14,15,16). The van der Waals surface area contributed by atoms with E-state index < -0.39 is 0 Å². The molecular weight excluding hydrogens is 202 g/mol. The zero-order chi connectivity index (χ0) is 11.6. The summed E-state index contributed by atoms with van der Waals surface area (Å²) in [5, 5.41) is 3.43. The third kappa shape index (κ3) is 2.53. The van der Waals surface area contributed by atoms with Gasteiger partial charge in [0.1, 0.15) is 11.6 Å². The summed E-state index contributed by atoms with van der Waals surface area (Å²) < 4.78 is 0. The van der Waals surface area contributed by atoms with Crippen LogP contribution >= 0.6 is 0 Å². The highest BCUT2D eigenvalue weighted by Gasteiger charge is 2.26. The number of nitrogen functional groups attached to an aromatic ring is 2. The first-order valence-electron chi connectivity index (χ1n) is 5.76. The Morgan fingerprint density at radius 3 is 2.50 bits per heavy atom. The van der Waals surface area contributed by atoms with Crippen LogP contribution in [0, 0.1) is 0 Å². The second-order valence-corrected chi connectivity index (χ2v) is 4.78. The molecule has 0 spiro atoms. The molecule has 0 aromatic carbocycles. The van der Waals surface area contributed by atoms with Crippen molar-refractivity contribution in [3.8, 4) is 0 Å². The number of anilines is 3. The molecule has 1 aliphatic carbocycles. The van der Waals surface area contributed by atoms with Crippen molar-refractivity contribution in [3.63, 3.8) is 0 Å². The van der Waals surface area contributed by atoms with E-state index in [-0.39, 0.29) is 11.5 Å². The van der Waals surface area contributed by atoms with Crippen LogP contribution in [0.15, 0.2) is 6.07 Å². The third-order valence-electron chi connectivity index (χ3n) is 3.15. The Balaban J connectivity index is 2.13. The van der Waals surface area contributed by atoms with E-state index >= 15 is 0 Å². The molecule has 1 aromatic rings. The number of nitrogens with zero attached hydrogens (tertiary/aromatic N) is 2. The summed E-state index contributed by atoms with van der Waals surface area (Å²) >= 11 is 0. The van der Waals surface area contributed by atoms with E-state index in [0.717, 1.165) is 18.7 Å². The van der Waals surface area contributed by atoms with Gasteiger partial charge in [-0.2, -0.15) is 9.97 Å². The van der Waals surface area contributed by atoms with Crippen molar-refractivity contribution in [2.24, 2.45) is 0 Å². The van der Waals surface area contributed by atoms with Crippen LogP contribution in [0.3, 0.4) is 0 Å². The van der Waals surface area contributed by atoms with Gasteiger partial charge in [-0.25, -0.2) is 0 Å². The summed E-state index contributed by atoms with van der Waals surface area (Å²) in [5.41, 5.74) is 11.3. The van der Waals surface area contributed by atoms with Gasteiger partial charge in [-0.05, 0) is 19.8 Å². The van der Waals surface area contributed by atoms with Gasteiger partial charge in [0.15, 0.2) is 0 Å². The molecule has 2 rings (SSSR count). The predicted octanol–water partition coefficient (Wildman–Crippen LogP) is 1.78. The Morgan fingerprint density at radius 2 is 1.88 bits per heavy atom. The lowest BCUT2D eigenvalue weighted by atomic mass is 9.83. The van der Waals surface area contributed by atoms with Crippen LogP contribution in [0.5, 0.6) is 0 Å². The van der Waals surface area contributed by atoms with Gasteiger partial charge in [0.05, 0.1) is 0 Å². The number of nitrogens with one attached hydrogen (secondary N) is 1. The molecular formula is C11H19N5. The van der Waals surface area contributed by atoms with E-state index in [9.17, 15) is 0 Å². The quantitative estimate of drug-likeness (QED) is 0.708. The summed E-state index contributed by atoms with van der Waals surface area (Å²) in [6, 6.07) is 1.73. The molecule has 88 valence electrons. The van der Waals surface area contributed by atoms with Crippen LogP contribution in [0.4, 0.5) is 17.6 Å². The molecule has 1 saturated carbocycles. The lowest BCUT2D eigenvalue weighted by molar-refractivity contribution is 0.348. The van der Waals surface area contributed by atoms with E-state index in [1.54, 1.807) is 6.07 Å². The highest BCUT2D eigenvalue weighted by Crippen LogP contribution is 2.30. The minimum Gasteiger partial charge on any atom is -0.383 e. The van der Waals surface area contributed by atoms with Gasteiger partial charge in [-0.3, -0.25) is 0 Å². The van der Waals surface area contributed by atoms with Crippen molar-refractivity contribution < 1.29 is 0 Å². The fraction of sp³-hybridized carbons (Fsp3) is 0.636. The third-order valence-corrected chi connectivity index (χ3v) is 3.15. The van der Waals surface area contributed by atoms with E-state index in [4.69, 9.17) is 11.5 Å².